The molecule has 3 N–H and O–H groups in total. The average molecular weight is 412 g/mol. The highest BCUT2D eigenvalue weighted by Gasteiger charge is 2.24. The van der Waals surface area contributed by atoms with Crippen molar-refractivity contribution in [1.29, 1.82) is 0 Å². The topological polar surface area (TPSA) is 112 Å². The molecule has 0 spiro atoms. The number of guanidine groups is 1. The van der Waals surface area contributed by atoms with Crippen molar-refractivity contribution in [3.63, 3.8) is 0 Å². The maximum Gasteiger partial charge on any atom is 0.409 e. The molecule has 0 aliphatic carbocycles. The van der Waals surface area contributed by atoms with Gasteiger partial charge in [-0.1, -0.05) is 12.1 Å². The predicted octanol–water partition coefficient (Wildman–Crippen LogP) is 0.881. The third-order valence-electron chi connectivity index (χ3n) is 4.55. The van der Waals surface area contributed by atoms with Crippen LogP contribution >= 0.6 is 0 Å². The molecule has 1 amide bonds. The van der Waals surface area contributed by atoms with Crippen molar-refractivity contribution in [1.82, 2.24) is 20.3 Å². The van der Waals surface area contributed by atoms with Crippen molar-refractivity contribution in [3.05, 3.63) is 29.8 Å². The van der Waals surface area contributed by atoms with Gasteiger partial charge in [-0.05, 0) is 44.5 Å². The Kier molecular flexibility index (Phi) is 8.06. The first-order valence-electron chi connectivity index (χ1n) is 9.31. The van der Waals surface area contributed by atoms with E-state index < -0.39 is 10.0 Å². The molecule has 0 saturated carbocycles. The van der Waals surface area contributed by atoms with Crippen molar-refractivity contribution < 1.29 is 17.9 Å². The van der Waals surface area contributed by atoms with Gasteiger partial charge in [0, 0.05) is 32.7 Å². The molecule has 1 aliphatic rings. The van der Waals surface area contributed by atoms with Gasteiger partial charge < -0.3 is 20.3 Å². The molecular formula is C18H29N5O4S. The Morgan fingerprint density at radius 1 is 1.25 bits per heavy atom. The van der Waals surface area contributed by atoms with E-state index in [0.29, 0.717) is 32.2 Å². The van der Waals surface area contributed by atoms with E-state index in [9.17, 15) is 13.2 Å². The van der Waals surface area contributed by atoms with Crippen LogP contribution in [0.4, 0.5) is 4.79 Å². The summed E-state index contributed by atoms with van der Waals surface area (Å²) in [4.78, 5) is 17.9. The van der Waals surface area contributed by atoms with Crippen molar-refractivity contribution in [2.24, 2.45) is 4.99 Å². The Balaban J connectivity index is 1.82. The molecule has 156 valence electrons. The van der Waals surface area contributed by atoms with Crippen LogP contribution in [0.25, 0.3) is 0 Å². The van der Waals surface area contributed by atoms with Gasteiger partial charge in [-0.3, -0.25) is 4.99 Å². The first-order chi connectivity index (χ1) is 13.4. The van der Waals surface area contributed by atoms with E-state index in [2.05, 4.69) is 20.3 Å². The van der Waals surface area contributed by atoms with Gasteiger partial charge in [0.2, 0.25) is 10.0 Å². The molecule has 9 nitrogen and oxygen atoms in total. The molecule has 1 fully saturated rings. The van der Waals surface area contributed by atoms with E-state index in [1.807, 2.05) is 0 Å². The molecular weight excluding hydrogens is 382 g/mol. The first kappa shape index (κ1) is 22.0. The van der Waals surface area contributed by atoms with Crippen molar-refractivity contribution in [2.75, 3.05) is 33.8 Å². The number of nitrogens with one attached hydrogen (secondary N) is 3. The highest BCUT2D eigenvalue weighted by Crippen LogP contribution is 2.12. The quantitative estimate of drug-likeness (QED) is 0.473. The lowest BCUT2D eigenvalue weighted by atomic mass is 10.1. The number of amides is 1. The van der Waals surface area contributed by atoms with Crippen LogP contribution in [0.1, 0.15) is 25.3 Å². The third-order valence-corrected chi connectivity index (χ3v) is 5.98. The van der Waals surface area contributed by atoms with E-state index in [4.69, 9.17) is 4.74 Å². The number of nitrogens with zero attached hydrogens (tertiary/aromatic N) is 2. The summed E-state index contributed by atoms with van der Waals surface area (Å²) >= 11 is 0. The van der Waals surface area contributed by atoms with Crippen LogP contribution in [0.2, 0.25) is 0 Å². The second-order valence-corrected chi connectivity index (χ2v) is 8.27. The van der Waals surface area contributed by atoms with Gasteiger partial charge in [-0.2, -0.15) is 0 Å². The Morgan fingerprint density at radius 3 is 2.43 bits per heavy atom. The van der Waals surface area contributed by atoms with E-state index in [1.165, 1.54) is 7.05 Å². The van der Waals surface area contributed by atoms with Gasteiger partial charge in [-0.15, -0.1) is 0 Å². The first-order valence-corrected chi connectivity index (χ1v) is 10.8. The average Bonchev–Trinajstić information content (AvgIpc) is 2.72. The molecule has 1 aliphatic heterocycles. The minimum absolute atomic E-state index is 0.222. The third kappa shape index (κ3) is 6.10. The fourth-order valence-electron chi connectivity index (χ4n) is 2.90. The lowest BCUT2D eigenvalue weighted by molar-refractivity contribution is 0.0963. The number of carbonyl (C=O) groups is 1. The molecule has 28 heavy (non-hydrogen) atoms. The lowest BCUT2D eigenvalue weighted by Crippen LogP contribution is -2.49. The molecule has 1 aromatic carbocycles. The van der Waals surface area contributed by atoms with Crippen LogP contribution in [0, 0.1) is 0 Å². The van der Waals surface area contributed by atoms with Gasteiger partial charge in [0.1, 0.15) is 0 Å². The van der Waals surface area contributed by atoms with Crippen LogP contribution in [0.5, 0.6) is 0 Å². The normalized spacial score (nSPS) is 16.0. The number of ether oxygens (including phenoxy) is 1. The highest BCUT2D eigenvalue weighted by molar-refractivity contribution is 7.89. The minimum atomic E-state index is -3.43. The smallest absolute Gasteiger partial charge is 0.409 e. The fraction of sp³-hybridized carbons (Fsp3) is 0.556. The summed E-state index contributed by atoms with van der Waals surface area (Å²) in [6, 6.07) is 6.90. The van der Waals surface area contributed by atoms with Gasteiger partial charge in [0.05, 0.1) is 11.5 Å². The van der Waals surface area contributed by atoms with Crippen molar-refractivity contribution >= 4 is 22.1 Å². The number of benzene rings is 1. The summed E-state index contributed by atoms with van der Waals surface area (Å²) in [6.07, 6.45) is 1.37. The number of rotatable bonds is 6. The van der Waals surface area contributed by atoms with E-state index in [0.717, 1.165) is 18.4 Å². The molecule has 0 unspecified atom stereocenters. The maximum atomic E-state index is 11.8. The molecule has 1 aromatic rings. The Morgan fingerprint density at radius 2 is 1.89 bits per heavy atom. The second kappa shape index (κ2) is 10.3. The summed E-state index contributed by atoms with van der Waals surface area (Å²) in [5, 5.41) is 6.59. The van der Waals surface area contributed by atoms with Gasteiger partial charge in [-0.25, -0.2) is 17.9 Å². The van der Waals surface area contributed by atoms with Gasteiger partial charge >= 0.3 is 6.09 Å². The molecule has 1 heterocycles. The number of hydrogen-bond acceptors (Lipinski definition) is 5. The molecule has 0 radical (unpaired) electrons. The summed E-state index contributed by atoms with van der Waals surface area (Å²) in [5.74, 6) is 0.668. The predicted molar refractivity (Wildman–Crippen MR) is 108 cm³/mol. The maximum absolute atomic E-state index is 11.8. The van der Waals surface area contributed by atoms with E-state index >= 15 is 0 Å². The molecule has 0 aromatic heterocycles. The number of hydrogen-bond donors (Lipinski definition) is 3. The zero-order valence-corrected chi connectivity index (χ0v) is 17.4. The molecule has 0 atom stereocenters. The zero-order valence-electron chi connectivity index (χ0n) is 16.6. The van der Waals surface area contributed by atoms with Crippen LogP contribution in [0.15, 0.2) is 34.2 Å². The Hall–Kier alpha value is -2.33. The number of carbonyl (C=O) groups excluding carboxylic acids is 1. The lowest BCUT2D eigenvalue weighted by Gasteiger charge is -2.32. The molecule has 1 saturated heterocycles. The van der Waals surface area contributed by atoms with Gasteiger partial charge in [0.25, 0.3) is 0 Å². The largest absolute Gasteiger partial charge is 0.450 e. The zero-order chi connectivity index (χ0) is 20.6. The van der Waals surface area contributed by atoms with Crippen molar-refractivity contribution in [2.45, 2.75) is 37.2 Å². The van der Waals surface area contributed by atoms with Crippen molar-refractivity contribution in [3.8, 4) is 0 Å². The molecule has 10 heteroatoms. The molecule has 2 rings (SSSR count). The van der Waals surface area contributed by atoms with Crippen LogP contribution in [-0.2, 0) is 21.3 Å². The van der Waals surface area contributed by atoms with E-state index in [-0.39, 0.29) is 17.0 Å². The van der Waals surface area contributed by atoms with Gasteiger partial charge in [0.15, 0.2) is 5.96 Å². The second-order valence-electron chi connectivity index (χ2n) is 6.38. The summed E-state index contributed by atoms with van der Waals surface area (Å²) in [6.45, 7) is 4.00. The van der Waals surface area contributed by atoms with Crippen LogP contribution in [0.3, 0.4) is 0 Å². The Labute approximate surface area is 166 Å². The highest BCUT2D eigenvalue weighted by atomic mass is 32.2. The number of piperidine rings is 1. The number of aliphatic imine (C=N–C) groups is 1. The van der Waals surface area contributed by atoms with E-state index in [1.54, 1.807) is 43.1 Å². The summed E-state index contributed by atoms with van der Waals surface area (Å²) in [7, 11) is -0.341. The number of likely N-dealkylation sites (tertiary alicyclic amines) is 1. The summed E-state index contributed by atoms with van der Waals surface area (Å²) < 4.78 is 30.8. The standard InChI is InChI=1S/C18H29N5O4S/c1-4-27-18(24)23-11-9-15(10-12-23)22-17(19-2)21-13-14-5-7-16(8-6-14)28(25,26)20-3/h5-8,15,20H,4,9-13H2,1-3H3,(H2,19,21,22). The minimum Gasteiger partial charge on any atom is -0.450 e. The monoisotopic (exact) mass is 411 g/mol. The summed E-state index contributed by atoms with van der Waals surface area (Å²) in [5.41, 5.74) is 0.940. The fourth-order valence-corrected chi connectivity index (χ4v) is 3.63. The Bertz CT molecular complexity index is 772. The van der Waals surface area contributed by atoms with Crippen LogP contribution in [-0.4, -0.2) is 65.2 Å². The molecule has 0 bridgehead atoms. The SMILES string of the molecule is CCOC(=O)N1CCC(NC(=NC)NCc2ccc(S(=O)(=O)NC)cc2)CC1. The number of sulfonamides is 1. The van der Waals surface area contributed by atoms with Crippen LogP contribution < -0.4 is 15.4 Å².